The summed E-state index contributed by atoms with van der Waals surface area (Å²) in [5, 5.41) is 0.144. The van der Waals surface area contributed by atoms with Gasteiger partial charge in [0.25, 0.3) is 0 Å². The van der Waals surface area contributed by atoms with Crippen molar-refractivity contribution in [2.45, 2.75) is 0 Å². The summed E-state index contributed by atoms with van der Waals surface area (Å²) in [5.74, 6) is -0.469. The van der Waals surface area contributed by atoms with Crippen LogP contribution in [0, 0.1) is 9.39 Å². The maximum atomic E-state index is 12.4. The minimum absolute atomic E-state index is 0.144. The molecule has 0 aliphatic rings. The molecule has 0 fully saturated rings. The molecule has 0 bridgehead atoms. The van der Waals surface area contributed by atoms with Gasteiger partial charge in [0, 0.05) is 6.20 Å². The average molecular weight is 257 g/mol. The van der Waals surface area contributed by atoms with Crippen molar-refractivity contribution < 1.29 is 4.39 Å². The van der Waals surface area contributed by atoms with E-state index in [1.165, 1.54) is 6.20 Å². The Morgan fingerprint density at radius 1 is 1.56 bits per heavy atom. The Hall–Kier alpha value is 0.1000. The second-order valence-corrected chi connectivity index (χ2v) is 2.96. The zero-order chi connectivity index (χ0) is 6.85. The molecule has 48 valence electrons. The quantitative estimate of drug-likeness (QED) is 0.651. The second kappa shape index (κ2) is 2.79. The first-order chi connectivity index (χ1) is 4.22. The lowest BCUT2D eigenvalue weighted by atomic mass is 10.5. The molecule has 4 heteroatoms. The first-order valence-electron chi connectivity index (χ1n) is 2.16. The van der Waals surface area contributed by atoms with Gasteiger partial charge in [-0.05, 0) is 22.6 Å². The van der Waals surface area contributed by atoms with E-state index in [0.29, 0.717) is 3.57 Å². The van der Waals surface area contributed by atoms with Crippen LogP contribution in [0.4, 0.5) is 4.39 Å². The molecule has 0 saturated heterocycles. The molecule has 0 N–H and O–H groups in total. The molecule has 0 aliphatic heterocycles. The molecule has 1 aromatic rings. The third-order valence-corrected chi connectivity index (χ3v) is 2.32. The number of nitrogens with zero attached hydrogens (tertiary/aromatic N) is 1. The predicted octanol–water partition coefficient (Wildman–Crippen LogP) is 2.48. The van der Waals surface area contributed by atoms with Gasteiger partial charge in [-0.2, -0.15) is 0 Å². The van der Waals surface area contributed by atoms with Crippen LogP contribution in [-0.4, -0.2) is 4.98 Å². The highest BCUT2D eigenvalue weighted by atomic mass is 127. The summed E-state index contributed by atoms with van der Waals surface area (Å²) in [6.07, 6.45) is 2.59. The molecule has 0 radical (unpaired) electrons. The number of hydrogen-bond donors (Lipinski definition) is 0. The minimum atomic E-state index is -0.469. The van der Waals surface area contributed by atoms with Crippen molar-refractivity contribution in [2.24, 2.45) is 0 Å². The number of halogens is 3. The zero-order valence-electron chi connectivity index (χ0n) is 4.24. The summed E-state index contributed by atoms with van der Waals surface area (Å²) in [6, 6.07) is 0. The van der Waals surface area contributed by atoms with E-state index in [9.17, 15) is 4.39 Å². The molecule has 0 aliphatic carbocycles. The van der Waals surface area contributed by atoms with Gasteiger partial charge in [0.05, 0.1) is 14.8 Å². The van der Waals surface area contributed by atoms with Gasteiger partial charge in [0.15, 0.2) is 5.82 Å². The lowest BCUT2D eigenvalue weighted by Gasteiger charge is -1.92. The minimum Gasteiger partial charge on any atom is -0.260 e. The van der Waals surface area contributed by atoms with Crippen molar-refractivity contribution in [3.63, 3.8) is 0 Å². The van der Waals surface area contributed by atoms with Crippen LogP contribution in [-0.2, 0) is 0 Å². The topological polar surface area (TPSA) is 12.9 Å². The molecule has 0 unspecified atom stereocenters. The van der Waals surface area contributed by atoms with Crippen LogP contribution in [0.15, 0.2) is 12.4 Å². The van der Waals surface area contributed by atoms with Gasteiger partial charge < -0.3 is 0 Å². The van der Waals surface area contributed by atoms with Crippen molar-refractivity contribution in [3.8, 4) is 0 Å². The first-order valence-corrected chi connectivity index (χ1v) is 3.62. The maximum absolute atomic E-state index is 12.4. The van der Waals surface area contributed by atoms with E-state index in [0.717, 1.165) is 6.20 Å². The van der Waals surface area contributed by atoms with Gasteiger partial charge in [0.1, 0.15) is 0 Å². The summed E-state index contributed by atoms with van der Waals surface area (Å²) in [5.41, 5.74) is 0. The van der Waals surface area contributed by atoms with Crippen LogP contribution >= 0.6 is 34.2 Å². The smallest absolute Gasteiger partial charge is 0.161 e. The Kier molecular flexibility index (Phi) is 2.23. The molecule has 0 saturated carbocycles. The van der Waals surface area contributed by atoms with Crippen molar-refractivity contribution >= 4 is 34.2 Å². The highest BCUT2D eigenvalue weighted by molar-refractivity contribution is 14.1. The van der Waals surface area contributed by atoms with E-state index in [-0.39, 0.29) is 5.02 Å². The highest BCUT2D eigenvalue weighted by Crippen LogP contribution is 2.19. The average Bonchev–Trinajstić information content (AvgIpc) is 1.83. The van der Waals surface area contributed by atoms with E-state index in [2.05, 4.69) is 4.98 Å². The van der Waals surface area contributed by atoms with Crippen molar-refractivity contribution in [3.05, 3.63) is 26.8 Å². The fraction of sp³-hybridized carbons (Fsp3) is 0. The Labute approximate surface area is 70.4 Å². The molecule has 9 heavy (non-hydrogen) atoms. The Morgan fingerprint density at radius 2 is 2.22 bits per heavy atom. The summed E-state index contributed by atoms with van der Waals surface area (Å²) in [4.78, 5) is 3.58. The summed E-state index contributed by atoms with van der Waals surface area (Å²) >= 11 is 7.37. The normalized spacial score (nSPS) is 9.67. The zero-order valence-corrected chi connectivity index (χ0v) is 7.15. The van der Waals surface area contributed by atoms with Crippen LogP contribution < -0.4 is 0 Å². The largest absolute Gasteiger partial charge is 0.260 e. The number of rotatable bonds is 0. The Morgan fingerprint density at radius 3 is 2.67 bits per heavy atom. The second-order valence-electron chi connectivity index (χ2n) is 1.42. The Balaban J connectivity index is 3.25. The van der Waals surface area contributed by atoms with Gasteiger partial charge in [-0.25, -0.2) is 4.39 Å². The van der Waals surface area contributed by atoms with Crippen LogP contribution in [0.2, 0.25) is 5.02 Å². The van der Waals surface area contributed by atoms with E-state index in [1.54, 1.807) is 0 Å². The molecule has 0 atom stereocenters. The van der Waals surface area contributed by atoms with Crippen LogP contribution in [0.25, 0.3) is 0 Å². The number of hydrogen-bond acceptors (Lipinski definition) is 1. The Bertz CT molecular complexity index is 208. The summed E-state index contributed by atoms with van der Waals surface area (Å²) in [7, 11) is 0. The molecule has 0 spiro atoms. The molecule has 1 nitrogen and oxygen atoms in total. The SMILES string of the molecule is Fc1cncc(I)c1Cl. The summed E-state index contributed by atoms with van der Waals surface area (Å²) < 4.78 is 13.0. The molecular weight excluding hydrogens is 255 g/mol. The van der Waals surface area contributed by atoms with Crippen molar-refractivity contribution in [2.75, 3.05) is 0 Å². The molecule has 1 rings (SSSR count). The van der Waals surface area contributed by atoms with E-state index < -0.39 is 5.82 Å². The molecule has 0 aromatic carbocycles. The number of aromatic nitrogens is 1. The monoisotopic (exact) mass is 257 g/mol. The lowest BCUT2D eigenvalue weighted by molar-refractivity contribution is 0.620. The molecule has 1 heterocycles. The van der Waals surface area contributed by atoms with E-state index in [1.807, 2.05) is 22.6 Å². The fourth-order valence-corrected chi connectivity index (χ4v) is 0.912. The third-order valence-electron chi connectivity index (χ3n) is 0.795. The lowest BCUT2D eigenvalue weighted by Crippen LogP contribution is -1.82. The van der Waals surface area contributed by atoms with E-state index in [4.69, 9.17) is 11.6 Å². The van der Waals surface area contributed by atoms with Crippen LogP contribution in [0.1, 0.15) is 0 Å². The molecule has 1 aromatic heterocycles. The highest BCUT2D eigenvalue weighted by Gasteiger charge is 2.01. The van der Waals surface area contributed by atoms with Gasteiger partial charge in [-0.15, -0.1) is 0 Å². The van der Waals surface area contributed by atoms with Gasteiger partial charge in [-0.3, -0.25) is 4.98 Å². The van der Waals surface area contributed by atoms with Gasteiger partial charge in [-0.1, -0.05) is 11.6 Å². The maximum Gasteiger partial charge on any atom is 0.161 e. The predicted molar refractivity (Wildman–Crippen MR) is 41.9 cm³/mol. The fourth-order valence-electron chi connectivity index (χ4n) is 0.396. The third kappa shape index (κ3) is 1.52. The van der Waals surface area contributed by atoms with Crippen LogP contribution in [0.3, 0.4) is 0 Å². The van der Waals surface area contributed by atoms with Gasteiger partial charge >= 0.3 is 0 Å². The molecule has 0 amide bonds. The molecular formula is C5H2ClFIN. The van der Waals surface area contributed by atoms with Crippen LogP contribution in [0.5, 0.6) is 0 Å². The van der Waals surface area contributed by atoms with E-state index >= 15 is 0 Å². The standard InChI is InChI=1S/C5H2ClFIN/c6-5-3(7)1-9-2-4(5)8/h1-2H. The number of pyridine rings is 1. The van der Waals surface area contributed by atoms with Crippen molar-refractivity contribution in [1.82, 2.24) is 4.98 Å². The first kappa shape index (κ1) is 7.21. The summed E-state index contributed by atoms with van der Waals surface area (Å²) in [6.45, 7) is 0. The van der Waals surface area contributed by atoms with Crippen molar-refractivity contribution in [1.29, 1.82) is 0 Å². The van der Waals surface area contributed by atoms with Gasteiger partial charge in [0.2, 0.25) is 0 Å².